The van der Waals surface area contributed by atoms with Crippen LogP contribution in [-0.4, -0.2) is 11.0 Å². The van der Waals surface area contributed by atoms with Crippen molar-refractivity contribution in [3.63, 3.8) is 0 Å². The standard InChI is InChI=1S/C13H21ClN2/c1-10(2)6-4-7-11(3)16-13-12(14)8-5-9-15-13/h5,8-11H,4,6-7H2,1-3H3,(H,15,16). The van der Waals surface area contributed by atoms with Gasteiger partial charge in [0, 0.05) is 12.2 Å². The molecule has 0 aliphatic rings. The molecule has 0 aromatic carbocycles. The average Bonchev–Trinajstić information content (AvgIpc) is 2.21. The summed E-state index contributed by atoms with van der Waals surface area (Å²) in [5.41, 5.74) is 0. The minimum atomic E-state index is 0.422. The zero-order valence-corrected chi connectivity index (χ0v) is 11.1. The number of pyridine rings is 1. The maximum Gasteiger partial charge on any atom is 0.144 e. The minimum absolute atomic E-state index is 0.422. The van der Waals surface area contributed by atoms with Crippen LogP contribution in [0.4, 0.5) is 5.82 Å². The summed E-state index contributed by atoms with van der Waals surface area (Å²) in [5.74, 6) is 1.58. The van der Waals surface area contributed by atoms with Crippen molar-refractivity contribution < 1.29 is 0 Å². The van der Waals surface area contributed by atoms with Crippen LogP contribution in [0, 0.1) is 5.92 Å². The number of hydrogen-bond acceptors (Lipinski definition) is 2. The van der Waals surface area contributed by atoms with E-state index in [1.807, 2.05) is 12.1 Å². The molecule has 0 aliphatic carbocycles. The van der Waals surface area contributed by atoms with Crippen LogP contribution in [0.5, 0.6) is 0 Å². The number of rotatable bonds is 6. The fraction of sp³-hybridized carbons (Fsp3) is 0.615. The zero-order valence-electron chi connectivity index (χ0n) is 10.3. The molecular formula is C13H21ClN2. The summed E-state index contributed by atoms with van der Waals surface area (Å²) in [6.45, 7) is 6.69. The first-order valence-corrected chi connectivity index (χ1v) is 6.34. The molecule has 1 unspecified atom stereocenters. The van der Waals surface area contributed by atoms with Gasteiger partial charge in [0.1, 0.15) is 5.82 Å². The average molecular weight is 241 g/mol. The van der Waals surface area contributed by atoms with Crippen molar-refractivity contribution in [1.82, 2.24) is 4.98 Å². The highest BCUT2D eigenvalue weighted by molar-refractivity contribution is 6.32. The molecule has 16 heavy (non-hydrogen) atoms. The van der Waals surface area contributed by atoms with Crippen LogP contribution in [-0.2, 0) is 0 Å². The van der Waals surface area contributed by atoms with Crippen molar-refractivity contribution in [2.75, 3.05) is 5.32 Å². The summed E-state index contributed by atoms with van der Waals surface area (Å²) < 4.78 is 0. The second-order valence-electron chi connectivity index (χ2n) is 4.70. The molecule has 0 saturated carbocycles. The van der Waals surface area contributed by atoms with Gasteiger partial charge in [-0.15, -0.1) is 0 Å². The highest BCUT2D eigenvalue weighted by Crippen LogP contribution is 2.19. The molecular weight excluding hydrogens is 220 g/mol. The molecule has 1 aromatic heterocycles. The summed E-state index contributed by atoms with van der Waals surface area (Å²) in [7, 11) is 0. The third kappa shape index (κ3) is 4.84. The molecule has 1 heterocycles. The van der Waals surface area contributed by atoms with Crippen LogP contribution < -0.4 is 5.32 Å². The number of aromatic nitrogens is 1. The van der Waals surface area contributed by atoms with Gasteiger partial charge < -0.3 is 5.32 Å². The van der Waals surface area contributed by atoms with Gasteiger partial charge in [0.2, 0.25) is 0 Å². The fourth-order valence-corrected chi connectivity index (χ4v) is 1.81. The lowest BCUT2D eigenvalue weighted by Crippen LogP contribution is -2.16. The van der Waals surface area contributed by atoms with E-state index in [0.717, 1.165) is 18.2 Å². The normalized spacial score (nSPS) is 12.8. The number of nitrogens with one attached hydrogen (secondary N) is 1. The summed E-state index contributed by atoms with van der Waals surface area (Å²) in [4.78, 5) is 4.22. The van der Waals surface area contributed by atoms with E-state index in [1.54, 1.807) is 6.20 Å². The summed E-state index contributed by atoms with van der Waals surface area (Å²) in [6.07, 6.45) is 5.44. The largest absolute Gasteiger partial charge is 0.366 e. The molecule has 0 radical (unpaired) electrons. The molecule has 90 valence electrons. The first kappa shape index (κ1) is 13.3. The predicted molar refractivity (Wildman–Crippen MR) is 71.0 cm³/mol. The van der Waals surface area contributed by atoms with Gasteiger partial charge in [0.05, 0.1) is 5.02 Å². The highest BCUT2D eigenvalue weighted by atomic mass is 35.5. The summed E-state index contributed by atoms with van der Waals surface area (Å²) >= 11 is 6.03. The molecule has 0 fully saturated rings. The van der Waals surface area contributed by atoms with Crippen LogP contribution in [0.2, 0.25) is 5.02 Å². The molecule has 1 aromatic rings. The minimum Gasteiger partial charge on any atom is -0.366 e. The van der Waals surface area contributed by atoms with Crippen LogP contribution in [0.1, 0.15) is 40.0 Å². The Morgan fingerprint density at radius 3 is 2.69 bits per heavy atom. The number of halogens is 1. The maximum atomic E-state index is 6.03. The highest BCUT2D eigenvalue weighted by Gasteiger charge is 2.06. The smallest absolute Gasteiger partial charge is 0.144 e. The van der Waals surface area contributed by atoms with Crippen molar-refractivity contribution in [1.29, 1.82) is 0 Å². The molecule has 0 saturated heterocycles. The van der Waals surface area contributed by atoms with Gasteiger partial charge in [-0.2, -0.15) is 0 Å². The van der Waals surface area contributed by atoms with E-state index in [2.05, 4.69) is 31.1 Å². The summed E-state index contributed by atoms with van der Waals surface area (Å²) in [5, 5.41) is 4.03. The second-order valence-corrected chi connectivity index (χ2v) is 5.11. The fourth-order valence-electron chi connectivity index (χ4n) is 1.63. The van der Waals surface area contributed by atoms with Gasteiger partial charge in [0.25, 0.3) is 0 Å². The monoisotopic (exact) mass is 240 g/mol. The van der Waals surface area contributed by atoms with E-state index in [-0.39, 0.29) is 0 Å². The molecule has 0 amide bonds. The Kier molecular flexibility index (Phi) is 5.61. The van der Waals surface area contributed by atoms with Gasteiger partial charge in [0.15, 0.2) is 0 Å². The van der Waals surface area contributed by atoms with Gasteiger partial charge >= 0.3 is 0 Å². The van der Waals surface area contributed by atoms with Crippen molar-refractivity contribution in [3.8, 4) is 0 Å². The van der Waals surface area contributed by atoms with Crippen LogP contribution in [0.25, 0.3) is 0 Å². The first-order valence-electron chi connectivity index (χ1n) is 5.96. The third-order valence-electron chi connectivity index (χ3n) is 2.56. The molecule has 2 nitrogen and oxygen atoms in total. The Morgan fingerprint density at radius 2 is 2.06 bits per heavy atom. The van der Waals surface area contributed by atoms with Gasteiger partial charge in [-0.25, -0.2) is 4.98 Å². The van der Waals surface area contributed by atoms with Gasteiger partial charge in [-0.05, 0) is 31.4 Å². The molecule has 3 heteroatoms. The van der Waals surface area contributed by atoms with Gasteiger partial charge in [-0.1, -0.05) is 38.3 Å². The van der Waals surface area contributed by atoms with E-state index in [9.17, 15) is 0 Å². The number of anilines is 1. The number of hydrogen-bond donors (Lipinski definition) is 1. The molecule has 1 N–H and O–H groups in total. The van der Waals surface area contributed by atoms with Crippen molar-refractivity contribution in [3.05, 3.63) is 23.4 Å². The topological polar surface area (TPSA) is 24.9 Å². The van der Waals surface area contributed by atoms with E-state index in [1.165, 1.54) is 12.8 Å². The number of nitrogens with zero attached hydrogens (tertiary/aromatic N) is 1. The quantitative estimate of drug-likeness (QED) is 0.799. The lowest BCUT2D eigenvalue weighted by atomic mass is 10.0. The van der Waals surface area contributed by atoms with E-state index < -0.39 is 0 Å². The van der Waals surface area contributed by atoms with Gasteiger partial charge in [-0.3, -0.25) is 0 Å². The Morgan fingerprint density at radius 1 is 1.31 bits per heavy atom. The molecule has 0 spiro atoms. The third-order valence-corrected chi connectivity index (χ3v) is 2.87. The van der Waals surface area contributed by atoms with Crippen molar-refractivity contribution in [2.24, 2.45) is 5.92 Å². The lowest BCUT2D eigenvalue weighted by Gasteiger charge is -2.15. The van der Waals surface area contributed by atoms with Crippen LogP contribution in [0.3, 0.4) is 0 Å². The predicted octanol–water partition coefficient (Wildman–Crippen LogP) is 4.36. The van der Waals surface area contributed by atoms with E-state index >= 15 is 0 Å². The lowest BCUT2D eigenvalue weighted by molar-refractivity contribution is 0.520. The van der Waals surface area contributed by atoms with Crippen molar-refractivity contribution >= 4 is 17.4 Å². The van der Waals surface area contributed by atoms with E-state index in [0.29, 0.717) is 11.1 Å². The molecule has 0 bridgehead atoms. The maximum absolute atomic E-state index is 6.03. The molecule has 0 aliphatic heterocycles. The van der Waals surface area contributed by atoms with Crippen molar-refractivity contribution in [2.45, 2.75) is 46.1 Å². The molecule has 1 rings (SSSR count). The van der Waals surface area contributed by atoms with Crippen LogP contribution in [0.15, 0.2) is 18.3 Å². The molecule has 1 atom stereocenters. The SMILES string of the molecule is CC(C)CCCC(C)Nc1ncccc1Cl. The Balaban J connectivity index is 2.34. The Labute approximate surface area is 103 Å². The summed E-state index contributed by atoms with van der Waals surface area (Å²) in [6, 6.07) is 4.13. The van der Waals surface area contributed by atoms with E-state index in [4.69, 9.17) is 11.6 Å². The first-order chi connectivity index (χ1) is 7.59. The van der Waals surface area contributed by atoms with Crippen LogP contribution >= 0.6 is 11.6 Å². The Hall–Kier alpha value is -0.760. The second kappa shape index (κ2) is 6.74. The Bertz CT molecular complexity index is 313. The zero-order chi connectivity index (χ0) is 12.0.